The molecule has 3 aromatic rings. The monoisotopic (exact) mass is 439 g/mol. The SMILES string of the molecule is COc1cc2c(cc1OC)CN(C(=O)Cn1ncc3ccc(OC)c(OC)c3c1=O)CC2. The van der Waals surface area contributed by atoms with Gasteiger partial charge in [0.05, 0.1) is 40.0 Å². The summed E-state index contributed by atoms with van der Waals surface area (Å²) in [5.41, 5.74) is 1.70. The number of hydrogen-bond acceptors (Lipinski definition) is 7. The molecule has 1 amide bonds. The Bertz CT molecular complexity index is 1240. The van der Waals surface area contributed by atoms with Gasteiger partial charge in [0, 0.05) is 18.5 Å². The lowest BCUT2D eigenvalue weighted by Gasteiger charge is -2.29. The highest BCUT2D eigenvalue weighted by Crippen LogP contribution is 2.34. The normalized spacial score (nSPS) is 12.9. The lowest BCUT2D eigenvalue weighted by Crippen LogP contribution is -2.40. The molecule has 9 heteroatoms. The van der Waals surface area contributed by atoms with Crippen LogP contribution in [-0.2, 0) is 24.3 Å². The van der Waals surface area contributed by atoms with E-state index in [1.807, 2.05) is 12.1 Å². The molecule has 0 atom stereocenters. The molecule has 0 unspecified atom stereocenters. The van der Waals surface area contributed by atoms with Crippen LogP contribution in [0.15, 0.2) is 35.3 Å². The van der Waals surface area contributed by atoms with Crippen molar-refractivity contribution in [3.8, 4) is 23.0 Å². The zero-order chi connectivity index (χ0) is 22.8. The molecule has 1 aliphatic rings. The van der Waals surface area contributed by atoms with Crippen molar-refractivity contribution in [2.75, 3.05) is 35.0 Å². The van der Waals surface area contributed by atoms with Gasteiger partial charge in [0.2, 0.25) is 5.91 Å². The fraction of sp³-hybridized carbons (Fsp3) is 0.348. The summed E-state index contributed by atoms with van der Waals surface area (Å²) in [6.45, 7) is 0.798. The molecule has 1 aromatic heterocycles. The van der Waals surface area contributed by atoms with Crippen LogP contribution in [0.25, 0.3) is 10.8 Å². The summed E-state index contributed by atoms with van der Waals surface area (Å²) >= 11 is 0. The summed E-state index contributed by atoms with van der Waals surface area (Å²) in [5, 5.41) is 5.13. The van der Waals surface area contributed by atoms with E-state index in [9.17, 15) is 9.59 Å². The van der Waals surface area contributed by atoms with E-state index in [4.69, 9.17) is 18.9 Å². The zero-order valence-corrected chi connectivity index (χ0v) is 18.5. The quantitative estimate of drug-likeness (QED) is 0.580. The van der Waals surface area contributed by atoms with Crippen LogP contribution < -0.4 is 24.5 Å². The topological polar surface area (TPSA) is 92.1 Å². The number of hydrogen-bond donors (Lipinski definition) is 0. The number of methoxy groups -OCH3 is 4. The number of ether oxygens (including phenoxy) is 4. The largest absolute Gasteiger partial charge is 0.493 e. The van der Waals surface area contributed by atoms with Gasteiger partial charge in [-0.25, -0.2) is 4.68 Å². The number of fused-ring (bicyclic) bond motifs is 2. The first-order valence-corrected chi connectivity index (χ1v) is 10.1. The molecular formula is C23H25N3O6. The van der Waals surface area contributed by atoms with Crippen LogP contribution in [0.3, 0.4) is 0 Å². The van der Waals surface area contributed by atoms with Gasteiger partial charge in [0.15, 0.2) is 23.0 Å². The van der Waals surface area contributed by atoms with Gasteiger partial charge in [0.25, 0.3) is 5.56 Å². The molecule has 1 aliphatic heterocycles. The Labute approximate surface area is 185 Å². The lowest BCUT2D eigenvalue weighted by atomic mass is 9.98. The van der Waals surface area contributed by atoms with E-state index in [-0.39, 0.29) is 12.5 Å². The first-order chi connectivity index (χ1) is 15.5. The summed E-state index contributed by atoms with van der Waals surface area (Å²) in [4.78, 5) is 27.9. The van der Waals surface area contributed by atoms with E-state index in [1.54, 1.807) is 37.4 Å². The van der Waals surface area contributed by atoms with Crippen molar-refractivity contribution in [2.45, 2.75) is 19.5 Å². The molecule has 0 spiro atoms. The second kappa shape index (κ2) is 8.78. The van der Waals surface area contributed by atoms with E-state index < -0.39 is 5.56 Å². The van der Waals surface area contributed by atoms with Crippen LogP contribution in [0.4, 0.5) is 0 Å². The summed E-state index contributed by atoms with van der Waals surface area (Å²) < 4.78 is 22.6. The minimum Gasteiger partial charge on any atom is -0.493 e. The Morgan fingerprint density at radius 1 is 0.969 bits per heavy atom. The molecule has 9 nitrogen and oxygen atoms in total. The van der Waals surface area contributed by atoms with Crippen molar-refractivity contribution < 1.29 is 23.7 Å². The van der Waals surface area contributed by atoms with E-state index in [1.165, 1.54) is 14.2 Å². The second-order valence-electron chi connectivity index (χ2n) is 7.41. The van der Waals surface area contributed by atoms with Crippen LogP contribution >= 0.6 is 0 Å². The molecule has 0 saturated heterocycles. The first-order valence-electron chi connectivity index (χ1n) is 10.1. The predicted octanol–water partition coefficient (Wildman–Crippen LogP) is 2.02. The summed E-state index contributed by atoms with van der Waals surface area (Å²) in [6.07, 6.45) is 2.24. The van der Waals surface area contributed by atoms with Crippen LogP contribution in [0, 0.1) is 0 Å². The zero-order valence-electron chi connectivity index (χ0n) is 18.5. The number of carbonyl (C=O) groups excluding carboxylic acids is 1. The number of amides is 1. The Morgan fingerprint density at radius 3 is 2.31 bits per heavy atom. The van der Waals surface area contributed by atoms with Crippen LogP contribution in [0.2, 0.25) is 0 Å². The highest BCUT2D eigenvalue weighted by Gasteiger charge is 2.24. The maximum absolute atomic E-state index is 13.1. The smallest absolute Gasteiger partial charge is 0.279 e. The number of aromatic nitrogens is 2. The van der Waals surface area contributed by atoms with Crippen molar-refractivity contribution in [3.05, 3.63) is 51.9 Å². The van der Waals surface area contributed by atoms with Gasteiger partial charge in [-0.3, -0.25) is 9.59 Å². The molecule has 0 fully saturated rings. The van der Waals surface area contributed by atoms with E-state index in [0.717, 1.165) is 15.8 Å². The van der Waals surface area contributed by atoms with E-state index in [2.05, 4.69) is 5.10 Å². The molecule has 0 saturated carbocycles. The molecule has 0 N–H and O–H groups in total. The van der Waals surface area contributed by atoms with Crippen molar-refractivity contribution in [1.29, 1.82) is 0 Å². The van der Waals surface area contributed by atoms with Crippen molar-refractivity contribution in [3.63, 3.8) is 0 Å². The Kier molecular flexibility index (Phi) is 5.89. The molecule has 0 radical (unpaired) electrons. The highest BCUT2D eigenvalue weighted by atomic mass is 16.5. The standard InChI is InChI=1S/C23H25N3O6/c1-29-17-6-5-15-11-24-26(23(28)21(15)22(17)32-4)13-20(27)25-8-7-14-9-18(30-2)19(31-3)10-16(14)12-25/h5-6,9-11H,7-8,12-13H2,1-4H3. The van der Waals surface area contributed by atoms with Gasteiger partial charge >= 0.3 is 0 Å². The van der Waals surface area contributed by atoms with Gasteiger partial charge in [-0.05, 0) is 41.8 Å². The Hall–Kier alpha value is -3.75. The third-order valence-corrected chi connectivity index (χ3v) is 5.72. The Balaban J connectivity index is 1.61. The fourth-order valence-corrected chi connectivity index (χ4v) is 4.02. The average Bonchev–Trinajstić information content (AvgIpc) is 2.83. The van der Waals surface area contributed by atoms with Gasteiger partial charge < -0.3 is 23.8 Å². The summed E-state index contributed by atoms with van der Waals surface area (Å²) in [7, 11) is 6.16. The van der Waals surface area contributed by atoms with Crippen LogP contribution in [-0.4, -0.2) is 55.6 Å². The molecule has 2 heterocycles. The maximum Gasteiger partial charge on any atom is 0.279 e. The van der Waals surface area contributed by atoms with Gasteiger partial charge in [-0.2, -0.15) is 5.10 Å². The molecule has 0 aliphatic carbocycles. The predicted molar refractivity (Wildman–Crippen MR) is 118 cm³/mol. The number of benzene rings is 2. The fourth-order valence-electron chi connectivity index (χ4n) is 4.02. The van der Waals surface area contributed by atoms with Crippen molar-refractivity contribution in [2.24, 2.45) is 0 Å². The maximum atomic E-state index is 13.1. The van der Waals surface area contributed by atoms with Crippen LogP contribution in [0.5, 0.6) is 23.0 Å². The minimum atomic E-state index is -0.407. The summed E-state index contributed by atoms with van der Waals surface area (Å²) in [5.74, 6) is 1.86. The third kappa shape index (κ3) is 3.70. The molecule has 4 rings (SSSR count). The van der Waals surface area contributed by atoms with Crippen molar-refractivity contribution >= 4 is 16.7 Å². The van der Waals surface area contributed by atoms with E-state index in [0.29, 0.717) is 53.3 Å². The summed E-state index contributed by atoms with van der Waals surface area (Å²) in [6, 6.07) is 7.29. The molecule has 168 valence electrons. The number of carbonyl (C=O) groups is 1. The molecule has 2 aromatic carbocycles. The highest BCUT2D eigenvalue weighted by molar-refractivity contribution is 5.89. The van der Waals surface area contributed by atoms with Gasteiger partial charge in [-0.1, -0.05) is 0 Å². The number of nitrogens with zero attached hydrogens (tertiary/aromatic N) is 3. The molecule has 0 bridgehead atoms. The van der Waals surface area contributed by atoms with Crippen LogP contribution in [0.1, 0.15) is 11.1 Å². The Morgan fingerprint density at radius 2 is 1.66 bits per heavy atom. The first kappa shape index (κ1) is 21.5. The average molecular weight is 439 g/mol. The van der Waals surface area contributed by atoms with Gasteiger partial charge in [0.1, 0.15) is 6.54 Å². The molecular weight excluding hydrogens is 414 g/mol. The lowest BCUT2D eigenvalue weighted by molar-refractivity contribution is -0.133. The second-order valence-corrected chi connectivity index (χ2v) is 7.41. The third-order valence-electron chi connectivity index (χ3n) is 5.72. The van der Waals surface area contributed by atoms with Crippen molar-refractivity contribution in [1.82, 2.24) is 14.7 Å². The number of rotatable bonds is 6. The van der Waals surface area contributed by atoms with Gasteiger partial charge in [-0.15, -0.1) is 0 Å². The minimum absolute atomic E-state index is 0.169. The molecule has 32 heavy (non-hydrogen) atoms. The van der Waals surface area contributed by atoms with E-state index >= 15 is 0 Å².